The average Bonchev–Trinajstić information content (AvgIpc) is 3.22. The Morgan fingerprint density at radius 2 is 1.86 bits per heavy atom. The summed E-state index contributed by atoms with van der Waals surface area (Å²) in [6, 6.07) is 18.1. The lowest BCUT2D eigenvalue weighted by molar-refractivity contribution is -0.326. The molecule has 0 aliphatic heterocycles. The zero-order chi connectivity index (χ0) is 14.2. The average molecular weight is 278 g/mol. The number of para-hydroxylation sites is 2. The summed E-state index contributed by atoms with van der Waals surface area (Å²) in [6.07, 6.45) is 0.927. The Hall–Kier alpha value is -2.62. The molecular weight excluding hydrogens is 262 g/mol. The summed E-state index contributed by atoms with van der Waals surface area (Å²) in [5, 5.41) is 2.94. The maximum Gasteiger partial charge on any atom is 0.360 e. The minimum absolute atomic E-state index is 0.0756. The van der Waals surface area contributed by atoms with Gasteiger partial charge in [0.2, 0.25) is 0 Å². The molecule has 1 aliphatic rings. The quantitative estimate of drug-likeness (QED) is 0.760. The maximum absolute atomic E-state index is 12.3. The first-order valence-electron chi connectivity index (χ1n) is 7.17. The molecule has 1 aliphatic carbocycles. The fraction of sp³-hybridized carbons (Fsp3) is 0.176. The van der Waals surface area contributed by atoms with Crippen molar-refractivity contribution >= 4 is 22.9 Å². The number of carbonyl (C=O) groups is 1. The lowest BCUT2D eigenvalue weighted by Crippen LogP contribution is -2.20. The molecule has 0 bridgehead atoms. The highest BCUT2D eigenvalue weighted by Gasteiger charge is 2.45. The third-order valence-corrected chi connectivity index (χ3v) is 4.05. The molecule has 0 radical (unpaired) electrons. The number of imidazole rings is 1. The molecule has 4 heteroatoms. The van der Waals surface area contributed by atoms with E-state index in [0.29, 0.717) is 11.9 Å². The lowest BCUT2D eigenvalue weighted by atomic mass is 10.1. The van der Waals surface area contributed by atoms with Crippen LogP contribution in [0.4, 0.5) is 5.95 Å². The van der Waals surface area contributed by atoms with E-state index in [4.69, 9.17) is 0 Å². The van der Waals surface area contributed by atoms with Crippen molar-refractivity contribution in [3.05, 3.63) is 60.2 Å². The zero-order valence-electron chi connectivity index (χ0n) is 11.5. The molecule has 104 valence electrons. The van der Waals surface area contributed by atoms with E-state index in [1.54, 1.807) is 0 Å². The summed E-state index contributed by atoms with van der Waals surface area (Å²) in [5.41, 5.74) is 3.23. The molecule has 21 heavy (non-hydrogen) atoms. The summed E-state index contributed by atoms with van der Waals surface area (Å²) in [4.78, 5) is 18.6. The fourth-order valence-electron chi connectivity index (χ4n) is 2.83. The Balaban J connectivity index is 1.47. The highest BCUT2D eigenvalue weighted by Crippen LogP contribution is 2.47. The third-order valence-electron chi connectivity index (χ3n) is 4.05. The van der Waals surface area contributed by atoms with Gasteiger partial charge < -0.3 is 0 Å². The van der Waals surface area contributed by atoms with Crippen LogP contribution in [-0.2, 0) is 4.79 Å². The van der Waals surface area contributed by atoms with Gasteiger partial charge in [0.05, 0.1) is 5.92 Å². The van der Waals surface area contributed by atoms with Crippen LogP contribution in [0.5, 0.6) is 0 Å². The first-order chi connectivity index (χ1) is 10.3. The van der Waals surface area contributed by atoms with Crippen LogP contribution < -0.4 is 10.3 Å². The number of anilines is 1. The molecule has 1 aromatic heterocycles. The molecule has 1 amide bonds. The van der Waals surface area contributed by atoms with Gasteiger partial charge in [0, 0.05) is 0 Å². The summed E-state index contributed by atoms with van der Waals surface area (Å²) in [6.45, 7) is 0. The molecule has 4 nitrogen and oxygen atoms in total. The van der Waals surface area contributed by atoms with Crippen molar-refractivity contribution in [1.29, 1.82) is 0 Å². The fourth-order valence-corrected chi connectivity index (χ4v) is 2.83. The Morgan fingerprint density at radius 1 is 1.10 bits per heavy atom. The monoisotopic (exact) mass is 278 g/mol. The molecule has 2 atom stereocenters. The van der Waals surface area contributed by atoms with E-state index >= 15 is 0 Å². The van der Waals surface area contributed by atoms with E-state index in [1.165, 1.54) is 5.56 Å². The Kier molecular flexibility index (Phi) is 2.74. The molecule has 3 aromatic rings. The number of nitrogens with one attached hydrogen (secondary N) is 3. The van der Waals surface area contributed by atoms with Crippen molar-refractivity contribution < 1.29 is 9.78 Å². The number of fused-ring (bicyclic) bond motifs is 1. The van der Waals surface area contributed by atoms with Crippen molar-refractivity contribution in [2.75, 3.05) is 5.32 Å². The molecule has 4 rings (SSSR count). The number of carbonyl (C=O) groups excluding carboxylic acids is 1. The molecule has 2 unspecified atom stereocenters. The van der Waals surface area contributed by atoms with Gasteiger partial charge in [0.25, 0.3) is 5.91 Å². The van der Waals surface area contributed by atoms with Gasteiger partial charge in [-0.3, -0.25) is 4.79 Å². The van der Waals surface area contributed by atoms with E-state index < -0.39 is 0 Å². The van der Waals surface area contributed by atoms with Gasteiger partial charge in [-0.05, 0) is 30.0 Å². The summed E-state index contributed by atoms with van der Waals surface area (Å²) in [7, 11) is 0. The summed E-state index contributed by atoms with van der Waals surface area (Å²) < 4.78 is 0. The van der Waals surface area contributed by atoms with Crippen molar-refractivity contribution in [1.82, 2.24) is 4.98 Å². The maximum atomic E-state index is 12.3. The van der Waals surface area contributed by atoms with E-state index in [9.17, 15) is 4.79 Å². The molecule has 1 fully saturated rings. The highest BCUT2D eigenvalue weighted by atomic mass is 16.2. The normalized spacial score (nSPS) is 20.4. The van der Waals surface area contributed by atoms with Crippen LogP contribution in [0.1, 0.15) is 17.9 Å². The van der Waals surface area contributed by atoms with E-state index in [0.717, 1.165) is 17.5 Å². The standard InChI is InChI=1S/C17H15N3O/c21-16(13-10-12(13)11-6-2-1-3-7-11)20-17-18-14-8-4-5-9-15(14)19-17/h1-9,12-13H,10H2,(H2,18,19,20,21)/p+1. The predicted octanol–water partition coefficient (Wildman–Crippen LogP) is 2.72. The van der Waals surface area contributed by atoms with Crippen molar-refractivity contribution in [3.63, 3.8) is 0 Å². The zero-order valence-corrected chi connectivity index (χ0v) is 11.5. The predicted molar refractivity (Wildman–Crippen MR) is 80.8 cm³/mol. The van der Waals surface area contributed by atoms with Crippen LogP contribution in [0, 0.1) is 5.92 Å². The minimum atomic E-state index is 0.0756. The lowest BCUT2D eigenvalue weighted by Gasteiger charge is -1.98. The number of aromatic amines is 2. The minimum Gasteiger partial charge on any atom is -0.256 e. The van der Waals surface area contributed by atoms with Gasteiger partial charge in [0.15, 0.2) is 0 Å². The van der Waals surface area contributed by atoms with Gasteiger partial charge in [0.1, 0.15) is 11.0 Å². The first kappa shape index (κ1) is 12.1. The largest absolute Gasteiger partial charge is 0.360 e. The number of amides is 1. The smallest absolute Gasteiger partial charge is 0.256 e. The molecule has 0 saturated heterocycles. The Bertz CT molecular complexity index is 761. The molecule has 1 saturated carbocycles. The van der Waals surface area contributed by atoms with Crippen LogP contribution in [0.15, 0.2) is 54.6 Å². The second kappa shape index (κ2) is 4.74. The summed E-state index contributed by atoms with van der Waals surface area (Å²) in [5.74, 6) is 1.16. The Morgan fingerprint density at radius 3 is 2.67 bits per heavy atom. The van der Waals surface area contributed by atoms with Crippen LogP contribution in [0.25, 0.3) is 11.0 Å². The van der Waals surface area contributed by atoms with E-state index in [2.05, 4.69) is 27.4 Å². The van der Waals surface area contributed by atoms with Gasteiger partial charge in [-0.25, -0.2) is 15.3 Å². The van der Waals surface area contributed by atoms with Gasteiger partial charge in [-0.1, -0.05) is 42.5 Å². The second-order valence-corrected chi connectivity index (χ2v) is 5.52. The summed E-state index contributed by atoms with van der Waals surface area (Å²) >= 11 is 0. The number of H-pyrrole nitrogens is 2. The second-order valence-electron chi connectivity index (χ2n) is 5.52. The van der Waals surface area contributed by atoms with E-state index in [-0.39, 0.29) is 11.8 Å². The number of hydrogen-bond donors (Lipinski definition) is 2. The van der Waals surface area contributed by atoms with Crippen LogP contribution in [0.2, 0.25) is 0 Å². The van der Waals surface area contributed by atoms with Crippen molar-refractivity contribution in [2.24, 2.45) is 5.92 Å². The third kappa shape index (κ3) is 2.29. The van der Waals surface area contributed by atoms with Crippen molar-refractivity contribution in [3.8, 4) is 0 Å². The number of hydrogen-bond acceptors (Lipinski definition) is 1. The molecule has 2 aromatic carbocycles. The molecule has 0 spiro atoms. The SMILES string of the molecule is O=C(Nc1[nH]c2ccccc2[nH+]1)C1CC1c1ccccc1. The Labute approximate surface area is 122 Å². The van der Waals surface area contributed by atoms with Gasteiger partial charge in [-0.2, -0.15) is 0 Å². The van der Waals surface area contributed by atoms with Gasteiger partial charge >= 0.3 is 5.95 Å². The highest BCUT2D eigenvalue weighted by molar-refractivity contribution is 5.94. The van der Waals surface area contributed by atoms with Gasteiger partial charge in [-0.15, -0.1) is 0 Å². The first-order valence-corrected chi connectivity index (χ1v) is 7.17. The van der Waals surface area contributed by atoms with Crippen molar-refractivity contribution in [2.45, 2.75) is 12.3 Å². The number of rotatable bonds is 3. The molecule has 3 N–H and O–H groups in total. The number of aromatic nitrogens is 2. The van der Waals surface area contributed by atoms with Crippen LogP contribution in [-0.4, -0.2) is 10.9 Å². The topological polar surface area (TPSA) is 59.0 Å². The molecule has 1 heterocycles. The molecular formula is C17H16N3O+. The van der Waals surface area contributed by atoms with E-state index in [1.807, 2.05) is 42.5 Å². The number of benzene rings is 2. The van der Waals surface area contributed by atoms with Crippen LogP contribution in [0.3, 0.4) is 0 Å². The van der Waals surface area contributed by atoms with Crippen LogP contribution >= 0.6 is 0 Å².